The Labute approximate surface area is 111 Å². The Morgan fingerprint density at radius 3 is 3.06 bits per heavy atom. The number of aliphatic hydroxyl groups excluding tert-OH is 1. The minimum absolute atomic E-state index is 0.0359. The molecule has 0 bridgehead atoms. The fourth-order valence-electron chi connectivity index (χ4n) is 1.70. The monoisotopic (exact) mass is 276 g/mol. The molecule has 1 N–H and O–H groups in total. The summed E-state index contributed by atoms with van der Waals surface area (Å²) in [5.74, 6) is 4.32. The molecule has 3 atom stereocenters. The maximum Gasteiger partial charge on any atom is 0.107 e. The van der Waals surface area contributed by atoms with Crippen molar-refractivity contribution in [3.05, 3.63) is 0 Å². The molecular formula is C12H20O3S2. The Hall–Kier alpha value is 0.140. The van der Waals surface area contributed by atoms with Gasteiger partial charge in [0.05, 0.1) is 18.8 Å². The summed E-state index contributed by atoms with van der Waals surface area (Å²) in [6, 6.07) is 0. The summed E-state index contributed by atoms with van der Waals surface area (Å²) >= 11 is 0. The van der Waals surface area contributed by atoms with Gasteiger partial charge in [-0.15, -0.1) is 12.3 Å². The third kappa shape index (κ3) is 6.03. The summed E-state index contributed by atoms with van der Waals surface area (Å²) in [6.45, 7) is 2.04. The maximum absolute atomic E-state index is 9.12. The van der Waals surface area contributed by atoms with Crippen LogP contribution in [0.2, 0.25) is 0 Å². The fourth-order valence-corrected chi connectivity index (χ4v) is 3.45. The van der Waals surface area contributed by atoms with Crippen LogP contribution in [0, 0.1) is 12.3 Å². The Kier molecular flexibility index (Phi) is 8.15. The molecule has 0 aromatic heterocycles. The molecule has 0 aromatic carbocycles. The van der Waals surface area contributed by atoms with Gasteiger partial charge >= 0.3 is 0 Å². The van der Waals surface area contributed by atoms with E-state index in [4.69, 9.17) is 21.0 Å². The molecule has 17 heavy (non-hydrogen) atoms. The lowest BCUT2D eigenvalue weighted by atomic mass is 10.1. The Balaban J connectivity index is 2.00. The van der Waals surface area contributed by atoms with Crippen LogP contribution in [0.3, 0.4) is 0 Å². The summed E-state index contributed by atoms with van der Waals surface area (Å²) in [6.07, 6.45) is 8.00. The van der Waals surface area contributed by atoms with Crippen LogP contribution < -0.4 is 0 Å². The van der Waals surface area contributed by atoms with Crippen molar-refractivity contribution in [1.82, 2.24) is 0 Å². The van der Waals surface area contributed by atoms with Gasteiger partial charge in [-0.2, -0.15) is 0 Å². The smallest absolute Gasteiger partial charge is 0.107 e. The molecule has 1 unspecified atom stereocenters. The molecule has 1 rings (SSSR count). The Morgan fingerprint density at radius 1 is 1.53 bits per heavy atom. The van der Waals surface area contributed by atoms with E-state index in [-0.39, 0.29) is 24.9 Å². The third-order valence-corrected chi connectivity index (χ3v) is 4.67. The van der Waals surface area contributed by atoms with Gasteiger partial charge in [-0.3, -0.25) is 0 Å². The summed E-state index contributed by atoms with van der Waals surface area (Å²) in [5.41, 5.74) is 0. The van der Waals surface area contributed by atoms with Crippen molar-refractivity contribution in [1.29, 1.82) is 0 Å². The van der Waals surface area contributed by atoms with Crippen molar-refractivity contribution >= 4 is 21.6 Å². The van der Waals surface area contributed by atoms with Crippen LogP contribution in [0.25, 0.3) is 0 Å². The number of aliphatic hydroxyl groups is 1. The molecule has 1 aliphatic heterocycles. The van der Waals surface area contributed by atoms with E-state index >= 15 is 0 Å². The van der Waals surface area contributed by atoms with Gasteiger partial charge in [0.1, 0.15) is 12.0 Å². The minimum Gasteiger partial charge on any atom is -0.394 e. The van der Waals surface area contributed by atoms with Gasteiger partial charge in [0.15, 0.2) is 0 Å². The van der Waals surface area contributed by atoms with Crippen molar-refractivity contribution in [2.45, 2.75) is 44.5 Å². The SMILES string of the molecule is C#CCCCSSCOC1C[C@H](C)O[C@@H]1CO. The average Bonchev–Trinajstić information content (AvgIpc) is 2.68. The number of hydrogen-bond donors (Lipinski definition) is 1. The Morgan fingerprint density at radius 2 is 2.35 bits per heavy atom. The highest BCUT2D eigenvalue weighted by Gasteiger charge is 2.32. The second kappa shape index (κ2) is 9.12. The highest BCUT2D eigenvalue weighted by Crippen LogP contribution is 2.27. The van der Waals surface area contributed by atoms with E-state index < -0.39 is 0 Å². The van der Waals surface area contributed by atoms with Crippen LogP contribution in [0.4, 0.5) is 0 Å². The first kappa shape index (κ1) is 15.2. The second-order valence-electron chi connectivity index (χ2n) is 3.97. The van der Waals surface area contributed by atoms with Gasteiger partial charge in [-0.05, 0) is 13.3 Å². The highest BCUT2D eigenvalue weighted by atomic mass is 33.1. The lowest BCUT2D eigenvalue weighted by Gasteiger charge is -2.16. The topological polar surface area (TPSA) is 38.7 Å². The van der Waals surface area contributed by atoms with E-state index in [2.05, 4.69) is 5.92 Å². The van der Waals surface area contributed by atoms with Crippen molar-refractivity contribution < 1.29 is 14.6 Å². The number of rotatable bonds is 8. The lowest BCUT2D eigenvalue weighted by Crippen LogP contribution is -2.27. The number of terminal acetylenes is 1. The molecule has 1 fully saturated rings. The molecule has 0 radical (unpaired) electrons. The molecule has 0 saturated carbocycles. The first-order valence-electron chi connectivity index (χ1n) is 5.83. The van der Waals surface area contributed by atoms with Gasteiger partial charge in [0.25, 0.3) is 0 Å². The van der Waals surface area contributed by atoms with E-state index in [1.807, 2.05) is 6.92 Å². The quantitative estimate of drug-likeness (QED) is 0.319. The molecule has 1 heterocycles. The van der Waals surface area contributed by atoms with Crippen molar-refractivity contribution in [2.24, 2.45) is 0 Å². The normalized spacial score (nSPS) is 28.2. The molecule has 1 aliphatic rings. The van der Waals surface area contributed by atoms with Crippen molar-refractivity contribution in [3.8, 4) is 12.3 Å². The maximum atomic E-state index is 9.12. The number of ether oxygens (including phenoxy) is 2. The molecular weight excluding hydrogens is 256 g/mol. The predicted molar refractivity (Wildman–Crippen MR) is 73.9 cm³/mol. The van der Waals surface area contributed by atoms with E-state index in [0.29, 0.717) is 5.94 Å². The number of hydrogen-bond acceptors (Lipinski definition) is 5. The second-order valence-corrected chi connectivity index (χ2v) is 6.50. The van der Waals surface area contributed by atoms with Crippen LogP contribution in [0.5, 0.6) is 0 Å². The Bertz CT molecular complexity index is 242. The van der Waals surface area contributed by atoms with Crippen molar-refractivity contribution in [3.63, 3.8) is 0 Å². The molecule has 3 nitrogen and oxygen atoms in total. The van der Waals surface area contributed by atoms with Crippen LogP contribution >= 0.6 is 21.6 Å². The first-order valence-corrected chi connectivity index (χ1v) is 8.32. The molecule has 0 spiro atoms. The zero-order chi connectivity index (χ0) is 12.5. The summed E-state index contributed by atoms with van der Waals surface area (Å²) in [5, 5.41) is 9.12. The van der Waals surface area contributed by atoms with Gasteiger partial charge in [-0.1, -0.05) is 21.6 Å². The highest BCUT2D eigenvalue weighted by molar-refractivity contribution is 8.76. The zero-order valence-electron chi connectivity index (χ0n) is 10.1. The lowest BCUT2D eigenvalue weighted by molar-refractivity contribution is -0.0333. The first-order chi connectivity index (χ1) is 8.27. The molecule has 0 aromatic rings. The van der Waals surface area contributed by atoms with Crippen molar-refractivity contribution in [2.75, 3.05) is 18.3 Å². The molecule has 0 amide bonds. The zero-order valence-corrected chi connectivity index (χ0v) is 11.8. The van der Waals surface area contributed by atoms with Crippen LogP contribution in [0.1, 0.15) is 26.2 Å². The third-order valence-electron chi connectivity index (χ3n) is 2.53. The van der Waals surface area contributed by atoms with Crippen LogP contribution in [0.15, 0.2) is 0 Å². The minimum atomic E-state index is -0.156. The van der Waals surface area contributed by atoms with E-state index in [1.54, 1.807) is 21.6 Å². The molecule has 5 heteroatoms. The fraction of sp³-hybridized carbons (Fsp3) is 0.833. The predicted octanol–water partition coefficient (Wildman–Crippen LogP) is 2.29. The van der Waals surface area contributed by atoms with Crippen LogP contribution in [-0.2, 0) is 9.47 Å². The van der Waals surface area contributed by atoms with Crippen LogP contribution in [-0.4, -0.2) is 41.7 Å². The van der Waals surface area contributed by atoms with Gasteiger partial charge < -0.3 is 14.6 Å². The largest absolute Gasteiger partial charge is 0.394 e. The molecule has 98 valence electrons. The number of unbranched alkanes of at least 4 members (excludes halogenated alkanes) is 1. The van der Waals surface area contributed by atoms with E-state index in [0.717, 1.165) is 25.0 Å². The van der Waals surface area contributed by atoms with E-state index in [1.165, 1.54) is 0 Å². The summed E-state index contributed by atoms with van der Waals surface area (Å²) < 4.78 is 11.2. The standard InChI is InChI=1S/C12H20O3S2/c1-3-4-5-6-16-17-9-14-11-7-10(2)15-12(11)8-13/h1,10-13H,4-9H2,2H3/t10-,11?,12+/m0/s1. The van der Waals surface area contributed by atoms with E-state index in [9.17, 15) is 0 Å². The summed E-state index contributed by atoms with van der Waals surface area (Å²) in [7, 11) is 3.47. The molecule has 1 saturated heterocycles. The average molecular weight is 276 g/mol. The van der Waals surface area contributed by atoms with Gasteiger partial charge in [0.2, 0.25) is 0 Å². The molecule has 0 aliphatic carbocycles. The van der Waals surface area contributed by atoms with Gasteiger partial charge in [-0.25, -0.2) is 0 Å². The summed E-state index contributed by atoms with van der Waals surface area (Å²) in [4.78, 5) is 0. The van der Waals surface area contributed by atoms with Gasteiger partial charge in [0, 0.05) is 18.6 Å².